The number of nitrogens with one attached hydrogen (secondary N) is 1. The lowest BCUT2D eigenvalue weighted by Gasteiger charge is -2.06. The Balaban J connectivity index is 1.80. The molecule has 88 valence electrons. The number of halogens is 1. The highest BCUT2D eigenvalue weighted by Gasteiger charge is 2.15. The summed E-state index contributed by atoms with van der Waals surface area (Å²) in [7, 11) is 0. The minimum Gasteiger partial charge on any atom is -0.300 e. The summed E-state index contributed by atoms with van der Waals surface area (Å²) in [5.74, 6) is 0.622. The molecule has 0 aromatic carbocycles. The standard InChI is InChI=1S/C11H11IN4S/c12-7-5-13-10(14-6-7)16-11-15-8-3-1-2-4-9(8)17-11/h5-6H,1-4H2,(H,13,14,15,16). The van der Waals surface area contributed by atoms with Gasteiger partial charge in [-0.1, -0.05) is 0 Å². The normalized spacial score (nSPS) is 14.4. The first-order chi connectivity index (χ1) is 8.31. The molecule has 0 spiro atoms. The fourth-order valence-electron chi connectivity index (χ4n) is 1.88. The lowest BCUT2D eigenvalue weighted by atomic mass is 10.0. The summed E-state index contributed by atoms with van der Waals surface area (Å²) < 4.78 is 1.03. The zero-order chi connectivity index (χ0) is 11.7. The molecule has 0 unspecified atom stereocenters. The van der Waals surface area contributed by atoms with E-state index in [1.165, 1.54) is 29.8 Å². The zero-order valence-electron chi connectivity index (χ0n) is 9.11. The predicted octanol–water partition coefficient (Wildman–Crippen LogP) is 3.16. The third-order valence-electron chi connectivity index (χ3n) is 2.68. The molecule has 0 radical (unpaired) electrons. The molecule has 0 bridgehead atoms. The molecule has 0 fully saturated rings. The molecule has 0 amide bonds. The maximum Gasteiger partial charge on any atom is 0.228 e. The van der Waals surface area contributed by atoms with Gasteiger partial charge < -0.3 is 5.32 Å². The van der Waals surface area contributed by atoms with E-state index in [4.69, 9.17) is 0 Å². The lowest BCUT2D eigenvalue weighted by Crippen LogP contribution is -1.99. The van der Waals surface area contributed by atoms with Crippen molar-refractivity contribution in [1.29, 1.82) is 0 Å². The van der Waals surface area contributed by atoms with E-state index in [0.29, 0.717) is 5.95 Å². The second-order valence-electron chi connectivity index (χ2n) is 3.95. The SMILES string of the molecule is Ic1cnc(Nc2nc3c(s2)CCCC3)nc1. The second-order valence-corrected chi connectivity index (χ2v) is 6.28. The van der Waals surface area contributed by atoms with Gasteiger partial charge in [0.1, 0.15) is 0 Å². The maximum absolute atomic E-state index is 4.59. The summed E-state index contributed by atoms with van der Waals surface area (Å²) >= 11 is 3.92. The largest absolute Gasteiger partial charge is 0.300 e. The van der Waals surface area contributed by atoms with Crippen molar-refractivity contribution in [3.05, 3.63) is 26.5 Å². The van der Waals surface area contributed by atoms with Crippen molar-refractivity contribution < 1.29 is 0 Å². The number of aromatic nitrogens is 3. The Kier molecular flexibility index (Phi) is 3.24. The molecule has 17 heavy (non-hydrogen) atoms. The predicted molar refractivity (Wildman–Crippen MR) is 76.8 cm³/mol. The van der Waals surface area contributed by atoms with Gasteiger partial charge in [-0.3, -0.25) is 0 Å². The van der Waals surface area contributed by atoms with Gasteiger partial charge in [-0.15, -0.1) is 11.3 Å². The number of anilines is 2. The van der Waals surface area contributed by atoms with Crippen molar-refractivity contribution in [3.63, 3.8) is 0 Å². The number of nitrogens with zero attached hydrogens (tertiary/aromatic N) is 3. The summed E-state index contributed by atoms with van der Waals surface area (Å²) in [4.78, 5) is 14.4. The highest BCUT2D eigenvalue weighted by molar-refractivity contribution is 14.1. The summed E-state index contributed by atoms with van der Waals surface area (Å²) in [5.41, 5.74) is 1.26. The van der Waals surface area contributed by atoms with Crippen molar-refractivity contribution >= 4 is 45.0 Å². The van der Waals surface area contributed by atoms with Gasteiger partial charge in [-0.25, -0.2) is 15.0 Å². The Labute approximate surface area is 117 Å². The van der Waals surface area contributed by atoms with E-state index < -0.39 is 0 Å². The monoisotopic (exact) mass is 358 g/mol. The molecule has 0 saturated heterocycles. The molecule has 1 aliphatic rings. The van der Waals surface area contributed by atoms with Crippen molar-refractivity contribution in [1.82, 2.24) is 15.0 Å². The molecule has 2 heterocycles. The Morgan fingerprint density at radius 2 is 1.94 bits per heavy atom. The van der Waals surface area contributed by atoms with Crippen LogP contribution in [0.2, 0.25) is 0 Å². The van der Waals surface area contributed by atoms with Crippen LogP contribution in [0.5, 0.6) is 0 Å². The van der Waals surface area contributed by atoms with E-state index in [1.807, 2.05) is 0 Å². The first-order valence-electron chi connectivity index (χ1n) is 5.54. The summed E-state index contributed by atoms with van der Waals surface area (Å²) in [6.45, 7) is 0. The van der Waals surface area contributed by atoms with E-state index in [9.17, 15) is 0 Å². The quantitative estimate of drug-likeness (QED) is 0.838. The zero-order valence-corrected chi connectivity index (χ0v) is 12.1. The molecule has 0 atom stereocenters. The third kappa shape index (κ3) is 2.57. The average molecular weight is 358 g/mol. The first-order valence-corrected chi connectivity index (χ1v) is 7.44. The maximum atomic E-state index is 4.59. The van der Waals surface area contributed by atoms with Gasteiger partial charge in [0, 0.05) is 20.8 Å². The molecule has 0 aliphatic heterocycles. The number of hydrogen-bond acceptors (Lipinski definition) is 5. The highest BCUT2D eigenvalue weighted by Crippen LogP contribution is 2.30. The smallest absolute Gasteiger partial charge is 0.228 e. The number of fused-ring (bicyclic) bond motifs is 1. The van der Waals surface area contributed by atoms with E-state index in [1.54, 1.807) is 23.7 Å². The third-order valence-corrected chi connectivity index (χ3v) is 4.31. The van der Waals surface area contributed by atoms with Crippen molar-refractivity contribution in [2.75, 3.05) is 5.32 Å². The summed E-state index contributed by atoms with van der Waals surface area (Å²) in [5, 5.41) is 4.09. The molecule has 2 aromatic rings. The molecule has 1 aliphatic carbocycles. The molecule has 1 N–H and O–H groups in total. The van der Waals surface area contributed by atoms with Crippen LogP contribution in [-0.2, 0) is 12.8 Å². The number of hydrogen-bond donors (Lipinski definition) is 1. The number of thiazole rings is 1. The van der Waals surface area contributed by atoms with E-state index in [-0.39, 0.29) is 0 Å². The van der Waals surface area contributed by atoms with E-state index in [0.717, 1.165) is 15.1 Å². The van der Waals surface area contributed by atoms with Gasteiger partial charge in [0.15, 0.2) is 5.13 Å². The van der Waals surface area contributed by atoms with Gasteiger partial charge in [0.05, 0.1) is 5.69 Å². The molecular formula is C11H11IN4S. The average Bonchev–Trinajstić information content (AvgIpc) is 2.74. The van der Waals surface area contributed by atoms with Crippen LogP contribution in [-0.4, -0.2) is 15.0 Å². The van der Waals surface area contributed by atoms with Crippen molar-refractivity contribution in [2.45, 2.75) is 25.7 Å². The number of rotatable bonds is 2. The van der Waals surface area contributed by atoms with Crippen LogP contribution in [0.25, 0.3) is 0 Å². The van der Waals surface area contributed by atoms with Crippen LogP contribution in [0.4, 0.5) is 11.1 Å². The number of aryl methyl sites for hydroxylation is 2. The molecule has 3 rings (SSSR count). The molecule has 6 heteroatoms. The van der Waals surface area contributed by atoms with Gasteiger partial charge in [-0.05, 0) is 48.3 Å². The highest BCUT2D eigenvalue weighted by atomic mass is 127. The fourth-order valence-corrected chi connectivity index (χ4v) is 3.20. The minimum absolute atomic E-state index is 0.622. The van der Waals surface area contributed by atoms with Crippen LogP contribution in [0.15, 0.2) is 12.4 Å². The lowest BCUT2D eigenvalue weighted by molar-refractivity contribution is 0.683. The van der Waals surface area contributed by atoms with Gasteiger partial charge >= 0.3 is 0 Å². The van der Waals surface area contributed by atoms with Crippen LogP contribution in [0.1, 0.15) is 23.4 Å². The van der Waals surface area contributed by atoms with Gasteiger partial charge in [-0.2, -0.15) is 0 Å². The molecule has 4 nitrogen and oxygen atoms in total. The Morgan fingerprint density at radius 1 is 1.18 bits per heavy atom. The van der Waals surface area contributed by atoms with Crippen LogP contribution in [0, 0.1) is 3.57 Å². The Hall–Kier alpha value is -0.760. The molecular weight excluding hydrogens is 347 g/mol. The summed E-state index contributed by atoms with van der Waals surface area (Å²) in [6.07, 6.45) is 8.42. The van der Waals surface area contributed by atoms with Crippen molar-refractivity contribution in [3.8, 4) is 0 Å². The molecule has 0 saturated carbocycles. The fraction of sp³-hybridized carbons (Fsp3) is 0.364. The Morgan fingerprint density at radius 3 is 2.71 bits per heavy atom. The van der Waals surface area contributed by atoms with Crippen LogP contribution >= 0.6 is 33.9 Å². The van der Waals surface area contributed by atoms with Crippen LogP contribution < -0.4 is 5.32 Å². The topological polar surface area (TPSA) is 50.7 Å². The van der Waals surface area contributed by atoms with E-state index >= 15 is 0 Å². The second kappa shape index (κ2) is 4.85. The minimum atomic E-state index is 0.622. The van der Waals surface area contributed by atoms with Gasteiger partial charge in [0.2, 0.25) is 5.95 Å². The van der Waals surface area contributed by atoms with Crippen LogP contribution in [0.3, 0.4) is 0 Å². The summed E-state index contributed by atoms with van der Waals surface area (Å²) in [6, 6.07) is 0. The Bertz CT molecular complexity index is 499. The first kappa shape index (κ1) is 11.3. The van der Waals surface area contributed by atoms with Gasteiger partial charge in [0.25, 0.3) is 0 Å². The van der Waals surface area contributed by atoms with E-state index in [2.05, 4.69) is 42.9 Å². The van der Waals surface area contributed by atoms with Crippen molar-refractivity contribution in [2.24, 2.45) is 0 Å². The molecule has 2 aromatic heterocycles.